The summed E-state index contributed by atoms with van der Waals surface area (Å²) in [7, 11) is 1.59. The number of anilines is 1. The molecule has 0 aliphatic heterocycles. The third kappa shape index (κ3) is 2.53. The molecule has 3 rings (SSSR count). The molecule has 0 bridgehead atoms. The predicted molar refractivity (Wildman–Crippen MR) is 81.8 cm³/mol. The number of nitriles is 1. The molecule has 0 spiro atoms. The molecule has 114 valence electrons. The number of methoxy groups -OCH3 is 1. The van der Waals surface area contributed by atoms with Crippen molar-refractivity contribution in [2.45, 2.75) is 6.92 Å². The number of benzene rings is 1. The first kappa shape index (κ1) is 14.4. The van der Waals surface area contributed by atoms with E-state index >= 15 is 0 Å². The van der Waals surface area contributed by atoms with Gasteiger partial charge in [0.25, 0.3) is 0 Å². The molecule has 0 radical (unpaired) electrons. The van der Waals surface area contributed by atoms with Gasteiger partial charge < -0.3 is 10.5 Å². The molecule has 0 saturated heterocycles. The molecule has 3 aromatic rings. The maximum atomic E-state index is 8.92. The van der Waals surface area contributed by atoms with Gasteiger partial charge in [-0.3, -0.25) is 0 Å². The zero-order valence-electron chi connectivity index (χ0n) is 12.4. The minimum Gasteiger partial charge on any atom is -0.497 e. The van der Waals surface area contributed by atoms with Gasteiger partial charge in [-0.05, 0) is 31.2 Å². The van der Waals surface area contributed by atoms with Gasteiger partial charge in [0.05, 0.1) is 18.5 Å². The highest BCUT2D eigenvalue weighted by molar-refractivity contribution is 5.68. The molecule has 2 N–H and O–H groups in total. The second-order valence-corrected chi connectivity index (χ2v) is 4.61. The zero-order valence-corrected chi connectivity index (χ0v) is 12.4. The number of nitrogen functional groups attached to an aromatic ring is 1. The van der Waals surface area contributed by atoms with Crippen molar-refractivity contribution in [1.82, 2.24) is 19.8 Å². The quantitative estimate of drug-likeness (QED) is 0.739. The largest absolute Gasteiger partial charge is 0.497 e. The van der Waals surface area contributed by atoms with Crippen LogP contribution in [0.1, 0.15) is 11.4 Å². The van der Waals surface area contributed by atoms with E-state index in [0.29, 0.717) is 22.7 Å². The Kier molecular flexibility index (Phi) is 3.56. The lowest BCUT2D eigenvalue weighted by molar-refractivity contribution is 0.415. The van der Waals surface area contributed by atoms with Crippen LogP contribution >= 0.6 is 0 Å². The maximum Gasteiger partial charge on any atom is 0.207 e. The van der Waals surface area contributed by atoms with Gasteiger partial charge in [0.1, 0.15) is 11.8 Å². The first-order chi connectivity index (χ1) is 11.1. The van der Waals surface area contributed by atoms with Gasteiger partial charge in [0.15, 0.2) is 11.5 Å². The Hall–Kier alpha value is -3.54. The molecular weight excluding hydrogens is 296 g/mol. The van der Waals surface area contributed by atoms with Crippen molar-refractivity contribution in [2.24, 2.45) is 10.2 Å². The van der Waals surface area contributed by atoms with E-state index in [1.165, 1.54) is 4.52 Å². The van der Waals surface area contributed by atoms with Crippen LogP contribution in [0.25, 0.3) is 5.65 Å². The lowest BCUT2D eigenvalue weighted by Gasteiger charge is -1.99. The Labute approximate surface area is 131 Å². The second kappa shape index (κ2) is 5.69. The van der Waals surface area contributed by atoms with Crippen molar-refractivity contribution in [3.63, 3.8) is 0 Å². The number of ether oxygens (including phenoxy) is 1. The lowest BCUT2D eigenvalue weighted by atomic mass is 10.3. The highest BCUT2D eigenvalue weighted by atomic mass is 16.5. The molecular formula is C14H12N8O. The zero-order chi connectivity index (χ0) is 16.4. The molecule has 0 atom stereocenters. The summed E-state index contributed by atoms with van der Waals surface area (Å²) in [6.45, 7) is 1.75. The van der Waals surface area contributed by atoms with Crippen LogP contribution in [-0.2, 0) is 0 Å². The molecule has 0 saturated carbocycles. The number of rotatable bonds is 3. The summed E-state index contributed by atoms with van der Waals surface area (Å²) in [4.78, 5) is 0. The molecule has 9 nitrogen and oxygen atoms in total. The number of nitrogens with two attached hydrogens (primary N) is 1. The van der Waals surface area contributed by atoms with E-state index < -0.39 is 0 Å². The molecule has 0 amide bonds. The van der Waals surface area contributed by atoms with Crippen LogP contribution in [0.5, 0.6) is 5.75 Å². The van der Waals surface area contributed by atoms with Crippen molar-refractivity contribution in [3.8, 4) is 11.8 Å². The number of aromatic nitrogens is 4. The molecule has 23 heavy (non-hydrogen) atoms. The third-order valence-electron chi connectivity index (χ3n) is 3.16. The van der Waals surface area contributed by atoms with E-state index in [2.05, 4.69) is 25.5 Å². The number of aryl methyl sites for hydroxylation is 1. The number of fused-ring (bicyclic) bond motifs is 1. The summed E-state index contributed by atoms with van der Waals surface area (Å²) < 4.78 is 6.42. The van der Waals surface area contributed by atoms with Crippen molar-refractivity contribution >= 4 is 22.8 Å². The van der Waals surface area contributed by atoms with Crippen LogP contribution in [0.4, 0.5) is 17.2 Å². The van der Waals surface area contributed by atoms with Crippen LogP contribution in [0.3, 0.4) is 0 Å². The van der Waals surface area contributed by atoms with Gasteiger partial charge in [-0.25, -0.2) is 0 Å². The predicted octanol–water partition coefficient (Wildman–Crippen LogP) is 2.31. The fraction of sp³-hybridized carbons (Fsp3) is 0.143. The molecule has 2 aromatic heterocycles. The van der Waals surface area contributed by atoms with Gasteiger partial charge >= 0.3 is 0 Å². The summed E-state index contributed by atoms with van der Waals surface area (Å²) in [6.07, 6.45) is 0. The minimum absolute atomic E-state index is 0.0126. The number of hydrogen-bond donors (Lipinski definition) is 1. The summed E-state index contributed by atoms with van der Waals surface area (Å²) in [5, 5.41) is 29.2. The molecule has 0 fully saturated rings. The van der Waals surface area contributed by atoms with Crippen molar-refractivity contribution in [1.29, 1.82) is 5.26 Å². The van der Waals surface area contributed by atoms with Crippen LogP contribution in [0.2, 0.25) is 0 Å². The summed E-state index contributed by atoms with van der Waals surface area (Å²) in [6, 6.07) is 8.98. The van der Waals surface area contributed by atoms with Crippen LogP contribution in [0.15, 0.2) is 34.5 Å². The summed E-state index contributed by atoms with van der Waals surface area (Å²) >= 11 is 0. The Morgan fingerprint density at radius 1 is 1.22 bits per heavy atom. The summed E-state index contributed by atoms with van der Waals surface area (Å²) in [5.74, 6) is 0.852. The Morgan fingerprint density at radius 3 is 2.61 bits per heavy atom. The fourth-order valence-corrected chi connectivity index (χ4v) is 1.97. The maximum absolute atomic E-state index is 8.92. The highest BCUT2D eigenvalue weighted by Crippen LogP contribution is 2.27. The van der Waals surface area contributed by atoms with Crippen molar-refractivity contribution in [2.75, 3.05) is 12.8 Å². The first-order valence-corrected chi connectivity index (χ1v) is 6.61. The summed E-state index contributed by atoms with van der Waals surface area (Å²) in [5.41, 5.74) is 7.88. The van der Waals surface area contributed by atoms with Gasteiger partial charge in [0.2, 0.25) is 11.3 Å². The van der Waals surface area contributed by atoms with Crippen molar-refractivity contribution in [3.05, 3.63) is 35.7 Å². The first-order valence-electron chi connectivity index (χ1n) is 6.61. The minimum atomic E-state index is 0.0126. The monoisotopic (exact) mass is 308 g/mol. The highest BCUT2D eigenvalue weighted by Gasteiger charge is 2.15. The Bertz CT molecular complexity index is 936. The standard InChI is InChI=1S/C14H12N8O/c1-8-12(19-17-9-3-5-10(23-2)6-4-9)14-20-18-11(7-15)13(16)22(14)21-8/h3-6H,16H2,1-2H3. The van der Waals surface area contributed by atoms with Crippen LogP contribution < -0.4 is 10.5 Å². The smallest absolute Gasteiger partial charge is 0.207 e. The van der Waals surface area contributed by atoms with Crippen LogP contribution in [0, 0.1) is 18.3 Å². The molecule has 9 heteroatoms. The molecule has 0 unspecified atom stereocenters. The Balaban J connectivity index is 2.02. The number of hydrogen-bond acceptors (Lipinski definition) is 8. The topological polar surface area (TPSA) is 127 Å². The van der Waals surface area contributed by atoms with E-state index in [-0.39, 0.29) is 11.5 Å². The molecule has 0 aliphatic rings. The normalized spacial score (nSPS) is 11.0. The molecule has 1 aromatic carbocycles. The van der Waals surface area contributed by atoms with Gasteiger partial charge in [0, 0.05) is 0 Å². The van der Waals surface area contributed by atoms with Crippen LogP contribution in [-0.4, -0.2) is 26.9 Å². The Morgan fingerprint density at radius 2 is 1.96 bits per heavy atom. The van der Waals surface area contributed by atoms with Gasteiger partial charge in [-0.2, -0.15) is 20.0 Å². The van der Waals surface area contributed by atoms with E-state index in [1.807, 2.05) is 6.07 Å². The van der Waals surface area contributed by atoms with Gasteiger partial charge in [-0.15, -0.1) is 15.3 Å². The number of nitrogens with zero attached hydrogens (tertiary/aromatic N) is 7. The van der Waals surface area contributed by atoms with E-state index in [0.717, 1.165) is 5.75 Å². The number of azo groups is 1. The van der Waals surface area contributed by atoms with E-state index in [1.54, 1.807) is 38.3 Å². The average Bonchev–Trinajstić information content (AvgIpc) is 2.90. The van der Waals surface area contributed by atoms with Gasteiger partial charge in [-0.1, -0.05) is 0 Å². The van der Waals surface area contributed by atoms with E-state index in [4.69, 9.17) is 15.7 Å². The fourth-order valence-electron chi connectivity index (χ4n) is 1.97. The second-order valence-electron chi connectivity index (χ2n) is 4.61. The van der Waals surface area contributed by atoms with Crippen molar-refractivity contribution < 1.29 is 4.74 Å². The molecule has 0 aliphatic carbocycles. The molecule has 2 heterocycles. The third-order valence-corrected chi connectivity index (χ3v) is 3.16. The SMILES string of the molecule is COc1ccc(N=Nc2c(C)nn3c(N)c(C#N)nnc23)cc1. The lowest BCUT2D eigenvalue weighted by Crippen LogP contribution is -2.05. The average molecular weight is 308 g/mol. The van der Waals surface area contributed by atoms with E-state index in [9.17, 15) is 0 Å².